The molecule has 2 aliphatic carbocycles. The standard InChI is InChI=1S/2C13H16.C11H12O2.C10H10O2.2C9H10/c1-3-4-5-6-9-13-10-7-8-12(2)11-13;1-3-4-5-6-7-13-10-8-12(2)9-11-13;1-8(2)11(12)13-10-6-4-9(3)5-7-10;1-3-10(11)12-9-6-4-8(2)5-7-9;1-7-2-3-8-4-5-9(8)6-7;1-7-3-2-4-8-5-6-9(7)8/h3-5,7-8,10-11H,1,6,9H2,2H3;3-5,8-11H,1,6-7H2,2H3;4-7H,1H2,2-3H3;3-7H,1H2,2H3;2-3,6H,4-5H2,1H3;2-4H,5-6H2,1H3/b2*5-4+;;;;. The third-order valence-electron chi connectivity index (χ3n) is 11.1. The van der Waals surface area contributed by atoms with Crippen LogP contribution in [0.3, 0.4) is 0 Å². The summed E-state index contributed by atoms with van der Waals surface area (Å²) >= 11 is 0. The Morgan fingerprint density at radius 2 is 1.00 bits per heavy atom. The smallest absolute Gasteiger partial charge is 0.338 e. The highest BCUT2D eigenvalue weighted by Gasteiger charge is 2.13. The number of carbonyl (C=O) groups is 2. The van der Waals surface area contributed by atoms with Gasteiger partial charge in [-0.25, -0.2) is 9.59 Å². The van der Waals surface area contributed by atoms with Crippen molar-refractivity contribution in [2.45, 2.75) is 99.8 Å². The zero-order chi connectivity index (χ0) is 50.4. The van der Waals surface area contributed by atoms with E-state index in [-0.39, 0.29) is 5.97 Å². The first-order valence-electron chi connectivity index (χ1n) is 23.9. The molecule has 0 spiro atoms. The molecule has 0 radical (unpaired) electrons. The number of ether oxygens (including phenoxy) is 2. The maximum Gasteiger partial charge on any atom is 0.338 e. The Labute approximate surface area is 415 Å². The van der Waals surface area contributed by atoms with Crippen LogP contribution >= 0.6 is 0 Å². The largest absolute Gasteiger partial charge is 0.423 e. The van der Waals surface area contributed by atoms with Gasteiger partial charge in [0.15, 0.2) is 0 Å². The lowest BCUT2D eigenvalue weighted by Gasteiger charge is -2.20. The molecule has 0 saturated heterocycles. The minimum Gasteiger partial charge on any atom is -0.423 e. The summed E-state index contributed by atoms with van der Waals surface area (Å²) in [6.07, 6.45) is 22.7. The van der Waals surface area contributed by atoms with Crippen molar-refractivity contribution < 1.29 is 19.1 Å². The molecule has 0 aliphatic heterocycles. The van der Waals surface area contributed by atoms with Gasteiger partial charge in [-0.2, -0.15) is 0 Å². The molecule has 0 atom stereocenters. The Balaban J connectivity index is 0.000000220. The molecule has 358 valence electrons. The van der Waals surface area contributed by atoms with Gasteiger partial charge in [-0.1, -0.05) is 200 Å². The van der Waals surface area contributed by atoms with E-state index in [0.717, 1.165) is 42.9 Å². The molecule has 0 aromatic heterocycles. The van der Waals surface area contributed by atoms with Gasteiger partial charge in [0.05, 0.1) is 0 Å². The van der Waals surface area contributed by atoms with Crippen molar-refractivity contribution in [3.8, 4) is 11.5 Å². The van der Waals surface area contributed by atoms with E-state index in [1.807, 2.05) is 62.4 Å². The highest BCUT2D eigenvalue weighted by Crippen LogP contribution is 2.25. The molecule has 0 heterocycles. The van der Waals surface area contributed by atoms with Crippen LogP contribution in [0.1, 0.15) is 86.5 Å². The SMILES string of the molecule is C=C(C)C(=O)Oc1ccc(C)cc1.C=C/C=C/CCc1ccc(C)cc1.C=C/C=C/CCc1cccc(C)c1.C=CC(=O)Oc1ccc(C)cc1.Cc1ccc2c(c1)CC2.Cc1cccc2c1CC2. The molecule has 4 heteroatoms. The van der Waals surface area contributed by atoms with Gasteiger partial charge in [-0.15, -0.1) is 0 Å². The van der Waals surface area contributed by atoms with Crippen molar-refractivity contribution in [3.05, 3.63) is 275 Å². The summed E-state index contributed by atoms with van der Waals surface area (Å²) in [5, 5.41) is 0. The van der Waals surface area contributed by atoms with Crippen LogP contribution in [0, 0.1) is 41.5 Å². The Morgan fingerprint density at radius 3 is 1.43 bits per heavy atom. The van der Waals surface area contributed by atoms with Gasteiger partial charge < -0.3 is 9.47 Å². The van der Waals surface area contributed by atoms with E-state index in [1.165, 1.54) is 59.1 Å². The number of esters is 2. The second-order valence-corrected chi connectivity index (χ2v) is 17.3. The molecule has 0 fully saturated rings. The van der Waals surface area contributed by atoms with E-state index in [0.29, 0.717) is 17.1 Å². The van der Waals surface area contributed by atoms with Crippen molar-refractivity contribution in [2.75, 3.05) is 0 Å². The van der Waals surface area contributed by atoms with Crippen LogP contribution in [0.4, 0.5) is 0 Å². The Kier molecular flexibility index (Phi) is 25.7. The van der Waals surface area contributed by atoms with Gasteiger partial charge in [-0.3, -0.25) is 0 Å². The molecular formula is C65H74O4. The minimum atomic E-state index is -0.432. The van der Waals surface area contributed by atoms with E-state index in [9.17, 15) is 9.59 Å². The van der Waals surface area contributed by atoms with Crippen LogP contribution in [0.5, 0.6) is 11.5 Å². The minimum absolute atomic E-state index is 0.385. The van der Waals surface area contributed by atoms with Crippen molar-refractivity contribution in [1.82, 2.24) is 0 Å². The lowest BCUT2D eigenvalue weighted by molar-refractivity contribution is -0.130. The van der Waals surface area contributed by atoms with E-state index in [1.54, 1.807) is 53.4 Å². The van der Waals surface area contributed by atoms with Crippen LogP contribution in [0.25, 0.3) is 0 Å². The molecule has 2 aliphatic rings. The first-order valence-corrected chi connectivity index (χ1v) is 23.9. The third kappa shape index (κ3) is 22.8. The van der Waals surface area contributed by atoms with Gasteiger partial charge in [0.25, 0.3) is 0 Å². The fraction of sp³-hybridized carbons (Fsp3) is 0.231. The number of carbonyl (C=O) groups excluding carboxylic acids is 2. The van der Waals surface area contributed by atoms with Gasteiger partial charge in [0.1, 0.15) is 11.5 Å². The highest BCUT2D eigenvalue weighted by atomic mass is 16.5. The Bertz CT molecular complexity index is 2590. The second-order valence-electron chi connectivity index (χ2n) is 17.3. The number of hydrogen-bond donors (Lipinski definition) is 0. The molecule has 0 saturated carbocycles. The molecule has 8 rings (SSSR count). The monoisotopic (exact) mass is 919 g/mol. The fourth-order valence-electron chi connectivity index (χ4n) is 6.83. The zero-order valence-corrected chi connectivity index (χ0v) is 42.4. The quantitative estimate of drug-likeness (QED) is 0.0531. The topological polar surface area (TPSA) is 52.6 Å². The number of fused-ring (bicyclic) bond motifs is 2. The van der Waals surface area contributed by atoms with E-state index in [4.69, 9.17) is 9.47 Å². The average molecular weight is 919 g/mol. The summed E-state index contributed by atoms with van der Waals surface area (Å²) in [6.45, 7) is 28.2. The molecule has 6 aromatic rings. The number of hydrogen-bond acceptors (Lipinski definition) is 4. The number of rotatable bonds is 12. The Hall–Kier alpha value is -7.30. The second kappa shape index (κ2) is 31.6. The van der Waals surface area contributed by atoms with Crippen LogP contribution in [0.15, 0.2) is 208 Å². The third-order valence-corrected chi connectivity index (χ3v) is 11.1. The zero-order valence-electron chi connectivity index (χ0n) is 42.4. The highest BCUT2D eigenvalue weighted by molar-refractivity contribution is 5.88. The summed E-state index contributed by atoms with van der Waals surface area (Å²) in [5.41, 5.74) is 17.3. The molecule has 4 nitrogen and oxygen atoms in total. The number of aryl methyl sites for hydroxylation is 11. The summed E-state index contributed by atoms with van der Waals surface area (Å²) in [5.74, 6) is 0.284. The first kappa shape index (κ1) is 56.0. The van der Waals surface area contributed by atoms with Crippen molar-refractivity contribution in [2.24, 2.45) is 0 Å². The number of allylic oxidation sites excluding steroid dienone is 6. The predicted octanol–water partition coefficient (Wildman–Crippen LogP) is 16.1. The molecule has 0 N–H and O–H groups in total. The molecule has 6 aromatic carbocycles. The molecule has 0 bridgehead atoms. The molecular weight excluding hydrogens is 845 g/mol. The Morgan fingerprint density at radius 1 is 0.507 bits per heavy atom. The molecule has 69 heavy (non-hydrogen) atoms. The lowest BCUT2D eigenvalue weighted by Crippen LogP contribution is -2.09. The lowest BCUT2D eigenvalue weighted by atomic mass is 9.85. The summed E-state index contributed by atoms with van der Waals surface area (Å²) in [7, 11) is 0. The van der Waals surface area contributed by atoms with Crippen LogP contribution in [-0.2, 0) is 48.1 Å². The fourth-order valence-corrected chi connectivity index (χ4v) is 6.83. The van der Waals surface area contributed by atoms with Crippen LogP contribution in [-0.4, -0.2) is 11.9 Å². The van der Waals surface area contributed by atoms with Gasteiger partial charge >= 0.3 is 11.9 Å². The normalized spacial score (nSPS) is 11.1. The van der Waals surface area contributed by atoms with Gasteiger partial charge in [0, 0.05) is 11.6 Å². The van der Waals surface area contributed by atoms with Crippen LogP contribution < -0.4 is 9.47 Å². The van der Waals surface area contributed by atoms with Gasteiger partial charge in [-0.05, 0) is 163 Å². The molecule has 0 unspecified atom stereocenters. The van der Waals surface area contributed by atoms with Gasteiger partial charge in [0.2, 0.25) is 0 Å². The first-order chi connectivity index (χ1) is 33.2. The number of benzene rings is 6. The van der Waals surface area contributed by atoms with E-state index >= 15 is 0 Å². The summed E-state index contributed by atoms with van der Waals surface area (Å²) in [4.78, 5) is 21.8. The average Bonchev–Trinajstić information content (AvgIpc) is 3.31. The van der Waals surface area contributed by atoms with E-state index in [2.05, 4.69) is 151 Å². The van der Waals surface area contributed by atoms with E-state index < -0.39 is 5.97 Å². The summed E-state index contributed by atoms with van der Waals surface area (Å²) < 4.78 is 9.85. The summed E-state index contributed by atoms with van der Waals surface area (Å²) in [6, 6.07) is 45.2. The maximum atomic E-state index is 11.1. The predicted molar refractivity (Wildman–Crippen MR) is 293 cm³/mol. The van der Waals surface area contributed by atoms with Crippen LogP contribution in [0.2, 0.25) is 0 Å². The van der Waals surface area contributed by atoms with Crippen molar-refractivity contribution in [3.63, 3.8) is 0 Å². The maximum absolute atomic E-state index is 11.1. The van der Waals surface area contributed by atoms with Crippen molar-refractivity contribution in [1.29, 1.82) is 0 Å². The molecule has 0 amide bonds. The van der Waals surface area contributed by atoms with Crippen molar-refractivity contribution >= 4 is 11.9 Å².